The van der Waals surface area contributed by atoms with Crippen molar-refractivity contribution in [3.05, 3.63) is 17.5 Å². The molecule has 20 heavy (non-hydrogen) atoms. The zero-order valence-electron chi connectivity index (χ0n) is 12.1. The van der Waals surface area contributed by atoms with E-state index < -0.39 is 0 Å². The van der Waals surface area contributed by atoms with Crippen LogP contribution < -0.4 is 5.73 Å². The monoisotopic (exact) mass is 280 g/mol. The van der Waals surface area contributed by atoms with Gasteiger partial charge < -0.3 is 15.7 Å². The van der Waals surface area contributed by atoms with Crippen LogP contribution in [0.3, 0.4) is 0 Å². The summed E-state index contributed by atoms with van der Waals surface area (Å²) in [4.78, 5) is 14.4. The average molecular weight is 280 g/mol. The highest BCUT2D eigenvalue weighted by atomic mass is 16.3. The number of rotatable bonds is 5. The highest BCUT2D eigenvalue weighted by Crippen LogP contribution is 2.19. The molecule has 1 saturated heterocycles. The minimum atomic E-state index is 0.0275. The Labute approximate surface area is 119 Å². The van der Waals surface area contributed by atoms with Gasteiger partial charge in [0.25, 0.3) is 5.91 Å². The first-order chi connectivity index (χ1) is 9.67. The maximum Gasteiger partial charge on any atom is 0.257 e. The largest absolute Gasteiger partial charge is 0.396 e. The summed E-state index contributed by atoms with van der Waals surface area (Å²) in [5.74, 6) is 0.236. The predicted octanol–water partition coefficient (Wildman–Crippen LogP) is 0.385. The third-order valence-electron chi connectivity index (χ3n) is 3.97. The molecule has 0 bridgehead atoms. The van der Waals surface area contributed by atoms with Crippen molar-refractivity contribution in [3.8, 4) is 0 Å². The second-order valence-electron chi connectivity index (χ2n) is 5.45. The van der Waals surface area contributed by atoms with Crippen molar-refractivity contribution in [2.45, 2.75) is 32.7 Å². The number of piperidine rings is 1. The number of aryl methyl sites for hydroxylation is 1. The Morgan fingerprint density at radius 3 is 3.10 bits per heavy atom. The van der Waals surface area contributed by atoms with E-state index in [-0.39, 0.29) is 18.4 Å². The summed E-state index contributed by atoms with van der Waals surface area (Å²) in [5.41, 5.74) is 7.07. The number of nitrogens with zero attached hydrogens (tertiary/aromatic N) is 3. The summed E-state index contributed by atoms with van der Waals surface area (Å²) >= 11 is 0. The molecule has 6 nitrogen and oxygen atoms in total. The molecule has 1 aliphatic rings. The van der Waals surface area contributed by atoms with Gasteiger partial charge in [-0.1, -0.05) is 0 Å². The van der Waals surface area contributed by atoms with Gasteiger partial charge in [-0.25, -0.2) is 0 Å². The fourth-order valence-electron chi connectivity index (χ4n) is 2.69. The van der Waals surface area contributed by atoms with Crippen LogP contribution in [0.15, 0.2) is 6.20 Å². The molecule has 1 aliphatic heterocycles. The van der Waals surface area contributed by atoms with Gasteiger partial charge in [0.1, 0.15) is 0 Å². The van der Waals surface area contributed by atoms with Crippen LogP contribution in [0.2, 0.25) is 0 Å². The van der Waals surface area contributed by atoms with Crippen LogP contribution in [0, 0.1) is 12.8 Å². The lowest BCUT2D eigenvalue weighted by molar-refractivity contribution is 0.0620. The van der Waals surface area contributed by atoms with Crippen LogP contribution in [-0.2, 0) is 6.54 Å². The van der Waals surface area contributed by atoms with Crippen LogP contribution in [0.4, 0.5) is 0 Å². The lowest BCUT2D eigenvalue weighted by Crippen LogP contribution is -2.41. The molecule has 2 heterocycles. The van der Waals surface area contributed by atoms with Crippen molar-refractivity contribution in [1.82, 2.24) is 14.7 Å². The molecule has 1 atom stereocenters. The van der Waals surface area contributed by atoms with Crippen LogP contribution in [0.25, 0.3) is 0 Å². The lowest BCUT2D eigenvalue weighted by atomic mass is 9.98. The molecule has 3 N–H and O–H groups in total. The van der Waals surface area contributed by atoms with Crippen molar-refractivity contribution in [2.24, 2.45) is 11.7 Å². The van der Waals surface area contributed by atoms with E-state index in [1.54, 1.807) is 6.20 Å². The van der Waals surface area contributed by atoms with E-state index in [0.717, 1.165) is 38.0 Å². The molecular weight excluding hydrogens is 256 g/mol. The third-order valence-corrected chi connectivity index (χ3v) is 3.97. The Balaban J connectivity index is 2.07. The van der Waals surface area contributed by atoms with Gasteiger partial charge in [-0.3, -0.25) is 9.48 Å². The van der Waals surface area contributed by atoms with E-state index in [1.165, 1.54) is 0 Å². The number of aromatic nitrogens is 2. The van der Waals surface area contributed by atoms with E-state index in [1.807, 2.05) is 16.5 Å². The van der Waals surface area contributed by atoms with Gasteiger partial charge >= 0.3 is 0 Å². The van der Waals surface area contributed by atoms with E-state index >= 15 is 0 Å². The zero-order chi connectivity index (χ0) is 14.5. The van der Waals surface area contributed by atoms with Crippen molar-refractivity contribution in [1.29, 1.82) is 0 Å². The molecule has 112 valence electrons. The summed E-state index contributed by atoms with van der Waals surface area (Å²) in [6.07, 6.45) is 4.45. The van der Waals surface area contributed by atoms with Crippen LogP contribution >= 0.6 is 0 Å². The normalized spacial score (nSPS) is 19.4. The van der Waals surface area contributed by atoms with Gasteiger partial charge in [0.2, 0.25) is 0 Å². The molecule has 0 aromatic carbocycles. The second kappa shape index (κ2) is 6.85. The number of hydrogen-bond donors (Lipinski definition) is 2. The average Bonchev–Trinajstić information content (AvgIpc) is 2.85. The number of hydrogen-bond acceptors (Lipinski definition) is 4. The van der Waals surface area contributed by atoms with Gasteiger partial charge in [-0.05, 0) is 38.6 Å². The van der Waals surface area contributed by atoms with Gasteiger partial charge in [-0.15, -0.1) is 0 Å². The lowest BCUT2D eigenvalue weighted by Gasteiger charge is -2.31. The van der Waals surface area contributed by atoms with Gasteiger partial charge in [0.05, 0.1) is 11.8 Å². The molecule has 1 aromatic heterocycles. The van der Waals surface area contributed by atoms with Crippen molar-refractivity contribution in [3.63, 3.8) is 0 Å². The number of likely N-dealkylation sites (tertiary alicyclic amines) is 1. The SMILES string of the molecule is Cc1c(C(=O)N2CCCC(CO)C2)cnn1CCCN. The van der Waals surface area contributed by atoms with E-state index in [4.69, 9.17) is 5.73 Å². The molecule has 1 amide bonds. The number of aliphatic hydroxyl groups excluding tert-OH is 1. The quantitative estimate of drug-likeness (QED) is 0.817. The highest BCUT2D eigenvalue weighted by Gasteiger charge is 2.26. The number of carbonyl (C=O) groups excluding carboxylic acids is 1. The van der Waals surface area contributed by atoms with Crippen LogP contribution in [0.5, 0.6) is 0 Å². The smallest absolute Gasteiger partial charge is 0.257 e. The molecule has 2 rings (SSSR count). The fourth-order valence-corrected chi connectivity index (χ4v) is 2.69. The summed E-state index contributed by atoms with van der Waals surface area (Å²) < 4.78 is 1.84. The number of aliphatic hydroxyl groups is 1. The minimum absolute atomic E-state index is 0.0275. The molecule has 0 saturated carbocycles. The fraction of sp³-hybridized carbons (Fsp3) is 0.714. The second-order valence-corrected chi connectivity index (χ2v) is 5.45. The molecule has 6 heteroatoms. The maximum absolute atomic E-state index is 12.5. The molecule has 1 unspecified atom stereocenters. The Morgan fingerprint density at radius 2 is 2.40 bits per heavy atom. The highest BCUT2D eigenvalue weighted by molar-refractivity contribution is 5.95. The van der Waals surface area contributed by atoms with Gasteiger partial charge in [0.15, 0.2) is 0 Å². The number of amides is 1. The minimum Gasteiger partial charge on any atom is -0.396 e. The van der Waals surface area contributed by atoms with Crippen LogP contribution in [-0.4, -0.2) is 51.9 Å². The summed E-state index contributed by atoms with van der Waals surface area (Å²) in [6, 6.07) is 0. The van der Waals surface area contributed by atoms with Gasteiger partial charge in [-0.2, -0.15) is 5.10 Å². The Morgan fingerprint density at radius 1 is 1.60 bits per heavy atom. The maximum atomic E-state index is 12.5. The van der Waals surface area contributed by atoms with Crippen LogP contribution in [0.1, 0.15) is 35.3 Å². The van der Waals surface area contributed by atoms with Gasteiger partial charge in [0, 0.05) is 31.9 Å². The molecular formula is C14H24N4O2. The van der Waals surface area contributed by atoms with E-state index in [0.29, 0.717) is 18.7 Å². The number of carbonyl (C=O) groups is 1. The zero-order valence-corrected chi connectivity index (χ0v) is 12.1. The standard InChI is InChI=1S/C14H24N4O2/c1-11-13(8-16-18(11)7-3-5-15)14(20)17-6-2-4-12(9-17)10-19/h8,12,19H,2-7,9-10,15H2,1H3. The first kappa shape index (κ1) is 15.0. The predicted molar refractivity (Wildman–Crippen MR) is 76.3 cm³/mol. The molecule has 1 aromatic rings. The summed E-state index contributed by atoms with van der Waals surface area (Å²) in [5, 5.41) is 13.5. The molecule has 1 fully saturated rings. The molecule has 0 radical (unpaired) electrons. The summed E-state index contributed by atoms with van der Waals surface area (Å²) in [7, 11) is 0. The third kappa shape index (κ3) is 3.19. The first-order valence-corrected chi connectivity index (χ1v) is 7.30. The van der Waals surface area contributed by atoms with Crippen molar-refractivity contribution >= 4 is 5.91 Å². The molecule has 0 spiro atoms. The van der Waals surface area contributed by atoms with E-state index in [9.17, 15) is 9.90 Å². The van der Waals surface area contributed by atoms with Crippen molar-refractivity contribution < 1.29 is 9.90 Å². The van der Waals surface area contributed by atoms with Crippen molar-refractivity contribution in [2.75, 3.05) is 26.2 Å². The molecule has 0 aliphatic carbocycles. The topological polar surface area (TPSA) is 84.4 Å². The Bertz CT molecular complexity index is 458. The summed E-state index contributed by atoms with van der Waals surface area (Å²) in [6.45, 7) is 4.84. The Hall–Kier alpha value is -1.40. The number of nitrogens with two attached hydrogens (primary N) is 1. The first-order valence-electron chi connectivity index (χ1n) is 7.30. The van der Waals surface area contributed by atoms with E-state index in [2.05, 4.69) is 5.10 Å². The Kier molecular flexibility index (Phi) is 5.14.